The Balaban J connectivity index is 2.16. The van der Waals surface area contributed by atoms with Gasteiger partial charge in [-0.3, -0.25) is 9.69 Å². The largest absolute Gasteiger partial charge is 0.480 e. The summed E-state index contributed by atoms with van der Waals surface area (Å²) in [7, 11) is 1.73. The van der Waals surface area contributed by atoms with Crippen molar-refractivity contribution in [3.8, 4) is 0 Å². The van der Waals surface area contributed by atoms with Gasteiger partial charge in [-0.25, -0.2) is 0 Å². The summed E-state index contributed by atoms with van der Waals surface area (Å²) in [6.07, 6.45) is 3.33. The van der Waals surface area contributed by atoms with Gasteiger partial charge in [-0.15, -0.1) is 0 Å². The van der Waals surface area contributed by atoms with Crippen LogP contribution >= 0.6 is 0 Å². The van der Waals surface area contributed by atoms with Crippen molar-refractivity contribution in [2.24, 2.45) is 0 Å². The molecule has 1 rings (SSSR count). The molecule has 1 aliphatic heterocycles. The number of unbranched alkanes of at least 4 members (excludes halogenated alkanes) is 1. The maximum atomic E-state index is 10.6. The summed E-state index contributed by atoms with van der Waals surface area (Å²) < 4.78 is 5.02. The van der Waals surface area contributed by atoms with Gasteiger partial charge in [0.15, 0.2) is 0 Å². The van der Waals surface area contributed by atoms with E-state index in [1.807, 2.05) is 4.90 Å². The van der Waals surface area contributed by atoms with Gasteiger partial charge in [0.1, 0.15) is 0 Å². The van der Waals surface area contributed by atoms with Crippen molar-refractivity contribution in [3.05, 3.63) is 0 Å². The van der Waals surface area contributed by atoms with Crippen LogP contribution in [-0.4, -0.2) is 73.9 Å². The van der Waals surface area contributed by atoms with Gasteiger partial charge >= 0.3 is 5.97 Å². The van der Waals surface area contributed by atoms with Crippen LogP contribution in [-0.2, 0) is 9.53 Å². The fraction of sp³-hybridized carbons (Fsp3) is 0.917. The maximum absolute atomic E-state index is 10.6. The molecule has 0 unspecified atom stereocenters. The zero-order valence-electron chi connectivity index (χ0n) is 10.7. The average molecular weight is 244 g/mol. The number of ether oxygens (including phenoxy) is 1. The smallest absolute Gasteiger partial charge is 0.317 e. The Bertz CT molecular complexity index is 224. The van der Waals surface area contributed by atoms with Crippen molar-refractivity contribution >= 4 is 5.97 Å². The van der Waals surface area contributed by atoms with Crippen LogP contribution in [0.15, 0.2) is 0 Å². The van der Waals surface area contributed by atoms with Crippen LogP contribution in [0.4, 0.5) is 0 Å². The predicted molar refractivity (Wildman–Crippen MR) is 66.2 cm³/mol. The molecular formula is C12H24N2O3. The van der Waals surface area contributed by atoms with Crippen molar-refractivity contribution in [2.45, 2.75) is 19.3 Å². The third-order valence-corrected chi connectivity index (χ3v) is 3.11. The molecule has 0 aliphatic carbocycles. The molecule has 0 atom stereocenters. The molecule has 1 heterocycles. The first-order chi connectivity index (χ1) is 8.22. The summed E-state index contributed by atoms with van der Waals surface area (Å²) in [4.78, 5) is 15.1. The Morgan fingerprint density at radius 2 is 1.88 bits per heavy atom. The highest BCUT2D eigenvalue weighted by atomic mass is 16.5. The molecule has 0 aromatic rings. The van der Waals surface area contributed by atoms with Crippen LogP contribution in [0.3, 0.4) is 0 Å². The number of carboxylic acid groups (broad SMARTS) is 1. The molecular weight excluding hydrogens is 220 g/mol. The van der Waals surface area contributed by atoms with E-state index in [0.717, 1.165) is 58.6 Å². The zero-order valence-corrected chi connectivity index (χ0v) is 10.7. The number of nitrogens with zero attached hydrogens (tertiary/aromatic N) is 2. The second kappa shape index (κ2) is 8.44. The van der Waals surface area contributed by atoms with Crippen LogP contribution in [0.5, 0.6) is 0 Å². The van der Waals surface area contributed by atoms with Gasteiger partial charge in [0.2, 0.25) is 0 Å². The van der Waals surface area contributed by atoms with Crippen molar-refractivity contribution in [1.29, 1.82) is 0 Å². The Hall–Kier alpha value is -0.650. The summed E-state index contributed by atoms with van der Waals surface area (Å²) in [5, 5.41) is 8.75. The number of hydrogen-bond donors (Lipinski definition) is 1. The Morgan fingerprint density at radius 1 is 1.18 bits per heavy atom. The van der Waals surface area contributed by atoms with Crippen LogP contribution in [0.1, 0.15) is 19.3 Å². The van der Waals surface area contributed by atoms with E-state index < -0.39 is 5.97 Å². The van der Waals surface area contributed by atoms with Gasteiger partial charge < -0.3 is 14.7 Å². The normalized spacial score (nSPS) is 19.1. The highest BCUT2D eigenvalue weighted by Crippen LogP contribution is 2.04. The molecule has 0 radical (unpaired) electrons. The lowest BCUT2D eigenvalue weighted by molar-refractivity contribution is -0.138. The predicted octanol–water partition coefficient (Wildman–Crippen LogP) is 0.505. The van der Waals surface area contributed by atoms with E-state index in [9.17, 15) is 4.79 Å². The molecule has 0 aromatic carbocycles. The summed E-state index contributed by atoms with van der Waals surface area (Å²) in [6.45, 7) is 5.96. The second-order valence-electron chi connectivity index (χ2n) is 4.56. The highest BCUT2D eigenvalue weighted by molar-refractivity contribution is 5.69. The molecule has 100 valence electrons. The van der Waals surface area contributed by atoms with E-state index in [1.165, 1.54) is 0 Å². The molecule has 0 spiro atoms. The number of hydrogen-bond acceptors (Lipinski definition) is 4. The third-order valence-electron chi connectivity index (χ3n) is 3.11. The minimum absolute atomic E-state index is 0.178. The van der Waals surface area contributed by atoms with E-state index in [0.29, 0.717) is 0 Å². The molecule has 0 amide bonds. The van der Waals surface area contributed by atoms with Gasteiger partial charge in [-0.05, 0) is 32.4 Å². The average Bonchev–Trinajstić information content (AvgIpc) is 2.50. The number of carbonyl (C=O) groups is 1. The van der Waals surface area contributed by atoms with Gasteiger partial charge in [-0.2, -0.15) is 0 Å². The molecule has 5 heteroatoms. The SMILES string of the molecule is COCCCCN1CCCN(CC(=O)O)CC1. The number of rotatable bonds is 7. The molecule has 1 saturated heterocycles. The van der Waals surface area contributed by atoms with Crippen molar-refractivity contribution in [2.75, 3.05) is 53.0 Å². The van der Waals surface area contributed by atoms with E-state index in [-0.39, 0.29) is 6.54 Å². The fourth-order valence-corrected chi connectivity index (χ4v) is 2.18. The van der Waals surface area contributed by atoms with Gasteiger partial charge in [0, 0.05) is 33.4 Å². The first-order valence-electron chi connectivity index (χ1n) is 6.38. The number of aliphatic carboxylic acids is 1. The Morgan fingerprint density at radius 3 is 2.59 bits per heavy atom. The van der Waals surface area contributed by atoms with E-state index in [1.54, 1.807) is 7.11 Å². The highest BCUT2D eigenvalue weighted by Gasteiger charge is 2.15. The van der Waals surface area contributed by atoms with Crippen LogP contribution in [0.2, 0.25) is 0 Å². The molecule has 1 fully saturated rings. The standard InChI is InChI=1S/C12H24N2O3/c1-17-10-3-2-5-13-6-4-7-14(9-8-13)11-12(15)16/h2-11H2,1H3,(H,15,16). The summed E-state index contributed by atoms with van der Waals surface area (Å²) in [5.74, 6) is -0.724. The third kappa shape index (κ3) is 6.61. The van der Waals surface area contributed by atoms with Crippen molar-refractivity contribution in [1.82, 2.24) is 9.80 Å². The van der Waals surface area contributed by atoms with Crippen molar-refractivity contribution < 1.29 is 14.6 Å². The van der Waals surface area contributed by atoms with E-state index in [2.05, 4.69) is 4.90 Å². The molecule has 5 nitrogen and oxygen atoms in total. The number of carboxylic acids is 1. The lowest BCUT2D eigenvalue weighted by atomic mass is 10.3. The fourth-order valence-electron chi connectivity index (χ4n) is 2.18. The first-order valence-corrected chi connectivity index (χ1v) is 6.38. The summed E-state index contributed by atoms with van der Waals surface area (Å²) in [5.41, 5.74) is 0. The van der Waals surface area contributed by atoms with Crippen LogP contribution in [0.25, 0.3) is 0 Å². The van der Waals surface area contributed by atoms with E-state index in [4.69, 9.17) is 9.84 Å². The quantitative estimate of drug-likeness (QED) is 0.661. The molecule has 1 N–H and O–H groups in total. The molecule has 17 heavy (non-hydrogen) atoms. The van der Waals surface area contributed by atoms with E-state index >= 15 is 0 Å². The Labute approximate surface area is 103 Å². The second-order valence-corrected chi connectivity index (χ2v) is 4.56. The minimum atomic E-state index is -0.724. The lowest BCUT2D eigenvalue weighted by Gasteiger charge is -2.20. The maximum Gasteiger partial charge on any atom is 0.317 e. The number of methoxy groups -OCH3 is 1. The van der Waals surface area contributed by atoms with Gasteiger partial charge in [0.25, 0.3) is 0 Å². The molecule has 0 aromatic heterocycles. The van der Waals surface area contributed by atoms with Crippen molar-refractivity contribution in [3.63, 3.8) is 0 Å². The summed E-state index contributed by atoms with van der Waals surface area (Å²) in [6, 6.07) is 0. The monoisotopic (exact) mass is 244 g/mol. The van der Waals surface area contributed by atoms with Crippen LogP contribution in [0, 0.1) is 0 Å². The van der Waals surface area contributed by atoms with Gasteiger partial charge in [0.05, 0.1) is 6.54 Å². The zero-order chi connectivity index (χ0) is 12.5. The first kappa shape index (κ1) is 14.4. The Kier molecular flexibility index (Phi) is 7.16. The minimum Gasteiger partial charge on any atom is -0.480 e. The summed E-state index contributed by atoms with van der Waals surface area (Å²) >= 11 is 0. The molecule has 0 bridgehead atoms. The molecule has 0 saturated carbocycles. The topological polar surface area (TPSA) is 53.0 Å². The molecule has 1 aliphatic rings. The van der Waals surface area contributed by atoms with Gasteiger partial charge in [-0.1, -0.05) is 0 Å². The van der Waals surface area contributed by atoms with Crippen LogP contribution < -0.4 is 0 Å². The lowest BCUT2D eigenvalue weighted by Crippen LogP contribution is -2.34.